The van der Waals surface area contributed by atoms with Gasteiger partial charge in [-0.2, -0.15) is 0 Å². The Kier molecular flexibility index (Phi) is 5.92. The third kappa shape index (κ3) is 3.58. The number of hydrogen-bond donors (Lipinski definition) is 1. The molecule has 26 heavy (non-hydrogen) atoms. The lowest BCUT2D eigenvalue weighted by atomic mass is 9.89. The monoisotopic (exact) mass is 347 g/mol. The van der Waals surface area contributed by atoms with Crippen LogP contribution in [0.15, 0.2) is 66.7 Å². The maximum atomic E-state index is 5.65. The van der Waals surface area contributed by atoms with E-state index in [1.54, 1.807) is 14.2 Å². The molecule has 134 valence electrons. The molecule has 0 saturated carbocycles. The molecule has 0 saturated heterocycles. The van der Waals surface area contributed by atoms with Crippen LogP contribution in [-0.2, 0) is 6.54 Å². The summed E-state index contributed by atoms with van der Waals surface area (Å²) in [5.41, 5.74) is 5.72. The molecule has 0 aliphatic rings. The van der Waals surface area contributed by atoms with Crippen LogP contribution in [0, 0.1) is 0 Å². The van der Waals surface area contributed by atoms with Gasteiger partial charge in [0.05, 0.1) is 14.2 Å². The Morgan fingerprint density at radius 3 is 1.92 bits per heavy atom. The van der Waals surface area contributed by atoms with Crippen molar-refractivity contribution in [2.75, 3.05) is 20.8 Å². The molecule has 0 aliphatic heterocycles. The van der Waals surface area contributed by atoms with Crippen molar-refractivity contribution in [2.24, 2.45) is 0 Å². The Hall–Kier alpha value is -2.78. The fourth-order valence-corrected chi connectivity index (χ4v) is 3.27. The molecule has 0 spiro atoms. The Bertz CT molecular complexity index is 874. The van der Waals surface area contributed by atoms with Crippen LogP contribution in [0.1, 0.15) is 12.5 Å². The van der Waals surface area contributed by atoms with E-state index < -0.39 is 0 Å². The number of methoxy groups -OCH3 is 2. The van der Waals surface area contributed by atoms with Gasteiger partial charge in [0.15, 0.2) is 0 Å². The first kappa shape index (κ1) is 18.0. The summed E-state index contributed by atoms with van der Waals surface area (Å²) in [6.07, 6.45) is 0. The van der Waals surface area contributed by atoms with Gasteiger partial charge in [-0.05, 0) is 35.4 Å². The standard InChI is InChI=1S/C23H25NO2/c1-4-24-16-17-10-9-13-19(18-11-5-7-14-21(18)25-2)23(17)20-12-6-8-15-22(20)26-3/h5-15,24H,4,16H2,1-3H3. The second-order valence-electron chi connectivity index (χ2n) is 6.02. The number of nitrogens with one attached hydrogen (secondary N) is 1. The van der Waals surface area contributed by atoms with Gasteiger partial charge < -0.3 is 14.8 Å². The summed E-state index contributed by atoms with van der Waals surface area (Å²) in [6, 6.07) is 22.7. The van der Waals surface area contributed by atoms with Crippen LogP contribution in [0.5, 0.6) is 11.5 Å². The molecule has 0 fully saturated rings. The zero-order valence-corrected chi connectivity index (χ0v) is 15.6. The largest absolute Gasteiger partial charge is 0.496 e. The SMILES string of the molecule is CCNCc1cccc(-c2ccccc2OC)c1-c1ccccc1OC. The average molecular weight is 347 g/mol. The highest BCUT2D eigenvalue weighted by atomic mass is 16.5. The van der Waals surface area contributed by atoms with E-state index in [-0.39, 0.29) is 0 Å². The summed E-state index contributed by atoms with van der Waals surface area (Å²) in [4.78, 5) is 0. The highest BCUT2D eigenvalue weighted by Gasteiger charge is 2.17. The summed E-state index contributed by atoms with van der Waals surface area (Å²) in [5, 5.41) is 3.45. The molecule has 0 radical (unpaired) electrons. The predicted octanol–water partition coefficient (Wildman–Crippen LogP) is 5.15. The molecule has 3 heteroatoms. The van der Waals surface area contributed by atoms with E-state index in [0.29, 0.717) is 0 Å². The van der Waals surface area contributed by atoms with Crippen LogP contribution >= 0.6 is 0 Å². The third-order valence-electron chi connectivity index (χ3n) is 4.49. The van der Waals surface area contributed by atoms with Crippen molar-refractivity contribution in [1.82, 2.24) is 5.32 Å². The normalized spacial score (nSPS) is 10.6. The van der Waals surface area contributed by atoms with Crippen LogP contribution in [0.4, 0.5) is 0 Å². The molecule has 0 amide bonds. The van der Waals surface area contributed by atoms with E-state index in [2.05, 4.69) is 42.6 Å². The lowest BCUT2D eigenvalue weighted by molar-refractivity contribution is 0.415. The fraction of sp³-hybridized carbons (Fsp3) is 0.217. The van der Waals surface area contributed by atoms with Crippen molar-refractivity contribution in [3.63, 3.8) is 0 Å². The van der Waals surface area contributed by atoms with Crippen LogP contribution in [0.25, 0.3) is 22.3 Å². The summed E-state index contributed by atoms with van der Waals surface area (Å²) >= 11 is 0. The highest BCUT2D eigenvalue weighted by Crippen LogP contribution is 2.42. The Morgan fingerprint density at radius 1 is 0.692 bits per heavy atom. The number of benzene rings is 3. The maximum Gasteiger partial charge on any atom is 0.126 e. The molecule has 3 rings (SSSR count). The lowest BCUT2D eigenvalue weighted by Crippen LogP contribution is -2.13. The third-order valence-corrected chi connectivity index (χ3v) is 4.49. The number of para-hydroxylation sites is 2. The minimum atomic E-state index is 0.798. The zero-order valence-electron chi connectivity index (χ0n) is 15.6. The van der Waals surface area contributed by atoms with Crippen molar-refractivity contribution < 1.29 is 9.47 Å². The van der Waals surface area contributed by atoms with Crippen LogP contribution in [0.2, 0.25) is 0 Å². The summed E-state index contributed by atoms with van der Waals surface area (Å²) in [6.45, 7) is 3.84. The summed E-state index contributed by atoms with van der Waals surface area (Å²) in [5.74, 6) is 1.73. The van der Waals surface area contributed by atoms with E-state index in [0.717, 1.165) is 41.3 Å². The molecule has 3 nitrogen and oxygen atoms in total. The van der Waals surface area contributed by atoms with Gasteiger partial charge in [-0.1, -0.05) is 61.5 Å². The minimum absolute atomic E-state index is 0.798. The molecular weight excluding hydrogens is 322 g/mol. The van der Waals surface area contributed by atoms with Gasteiger partial charge in [0.25, 0.3) is 0 Å². The van der Waals surface area contributed by atoms with Gasteiger partial charge in [-0.3, -0.25) is 0 Å². The first-order valence-electron chi connectivity index (χ1n) is 8.89. The second kappa shape index (κ2) is 8.54. The van der Waals surface area contributed by atoms with E-state index in [4.69, 9.17) is 9.47 Å². The number of ether oxygens (including phenoxy) is 2. The van der Waals surface area contributed by atoms with E-state index >= 15 is 0 Å². The molecule has 0 heterocycles. The van der Waals surface area contributed by atoms with Crippen molar-refractivity contribution in [3.8, 4) is 33.8 Å². The molecular formula is C23H25NO2. The summed E-state index contributed by atoms with van der Waals surface area (Å²) in [7, 11) is 3.43. The molecule has 3 aromatic rings. The van der Waals surface area contributed by atoms with Gasteiger partial charge in [0, 0.05) is 17.7 Å². The highest BCUT2D eigenvalue weighted by molar-refractivity contribution is 5.90. The van der Waals surface area contributed by atoms with Crippen LogP contribution in [0.3, 0.4) is 0 Å². The topological polar surface area (TPSA) is 30.5 Å². The zero-order chi connectivity index (χ0) is 18.4. The first-order chi connectivity index (χ1) is 12.8. The van der Waals surface area contributed by atoms with Crippen molar-refractivity contribution in [1.29, 1.82) is 0 Å². The molecule has 0 bridgehead atoms. The maximum absolute atomic E-state index is 5.65. The fourth-order valence-electron chi connectivity index (χ4n) is 3.27. The molecule has 0 unspecified atom stereocenters. The van der Waals surface area contributed by atoms with Gasteiger partial charge in [-0.25, -0.2) is 0 Å². The quantitative estimate of drug-likeness (QED) is 0.641. The van der Waals surface area contributed by atoms with Gasteiger partial charge in [0.2, 0.25) is 0 Å². The number of hydrogen-bond acceptors (Lipinski definition) is 3. The van der Waals surface area contributed by atoms with Crippen molar-refractivity contribution >= 4 is 0 Å². The molecule has 1 N–H and O–H groups in total. The smallest absolute Gasteiger partial charge is 0.126 e. The van der Waals surface area contributed by atoms with E-state index in [1.165, 1.54) is 11.1 Å². The minimum Gasteiger partial charge on any atom is -0.496 e. The van der Waals surface area contributed by atoms with Crippen LogP contribution < -0.4 is 14.8 Å². The second-order valence-corrected chi connectivity index (χ2v) is 6.02. The van der Waals surface area contributed by atoms with E-state index in [1.807, 2.05) is 36.4 Å². The van der Waals surface area contributed by atoms with Gasteiger partial charge >= 0.3 is 0 Å². The van der Waals surface area contributed by atoms with Gasteiger partial charge in [-0.15, -0.1) is 0 Å². The summed E-state index contributed by atoms with van der Waals surface area (Å²) < 4.78 is 11.3. The average Bonchev–Trinajstić information content (AvgIpc) is 2.71. The van der Waals surface area contributed by atoms with Crippen molar-refractivity contribution in [3.05, 3.63) is 72.3 Å². The molecule has 0 atom stereocenters. The Balaban J connectivity index is 2.28. The van der Waals surface area contributed by atoms with Crippen molar-refractivity contribution in [2.45, 2.75) is 13.5 Å². The Morgan fingerprint density at radius 2 is 1.27 bits per heavy atom. The van der Waals surface area contributed by atoms with Crippen LogP contribution in [-0.4, -0.2) is 20.8 Å². The lowest BCUT2D eigenvalue weighted by Gasteiger charge is -2.19. The first-order valence-corrected chi connectivity index (χ1v) is 8.89. The van der Waals surface area contributed by atoms with Gasteiger partial charge in [0.1, 0.15) is 11.5 Å². The Labute approximate surface area is 155 Å². The number of rotatable bonds is 7. The predicted molar refractivity (Wildman–Crippen MR) is 108 cm³/mol. The molecule has 0 aliphatic carbocycles. The molecule has 0 aromatic heterocycles. The molecule has 3 aromatic carbocycles. The van der Waals surface area contributed by atoms with E-state index in [9.17, 15) is 0 Å².